The first kappa shape index (κ1) is 24.2. The largest absolute Gasteiger partial charge is 0.494 e. The van der Waals surface area contributed by atoms with Gasteiger partial charge >= 0.3 is 5.97 Å². The number of carboxylic acids is 1. The van der Waals surface area contributed by atoms with Crippen LogP contribution in [0.25, 0.3) is 27.0 Å². The summed E-state index contributed by atoms with van der Waals surface area (Å²) >= 11 is 1.31. The molecule has 4 heterocycles. The molecule has 7 rings (SSSR count). The Morgan fingerprint density at radius 3 is 2.64 bits per heavy atom. The normalized spacial score (nSPS) is 18.3. The molecule has 39 heavy (non-hydrogen) atoms. The summed E-state index contributed by atoms with van der Waals surface area (Å²) in [6.45, 7) is 1.49. The van der Waals surface area contributed by atoms with Crippen LogP contribution in [0.3, 0.4) is 0 Å². The summed E-state index contributed by atoms with van der Waals surface area (Å²) in [4.78, 5) is 21.8. The van der Waals surface area contributed by atoms with E-state index < -0.39 is 17.6 Å². The van der Waals surface area contributed by atoms with Gasteiger partial charge in [-0.2, -0.15) is 0 Å². The van der Waals surface area contributed by atoms with E-state index in [1.54, 1.807) is 0 Å². The first-order valence-corrected chi connectivity index (χ1v) is 13.7. The zero-order valence-corrected chi connectivity index (χ0v) is 21.9. The Labute approximate surface area is 225 Å². The molecule has 3 aliphatic rings. The van der Waals surface area contributed by atoms with Crippen LogP contribution in [0.15, 0.2) is 35.1 Å². The third-order valence-electron chi connectivity index (χ3n) is 8.05. The minimum absolute atomic E-state index is 0.0144. The Hall–Kier alpha value is -3.86. The molecule has 1 aromatic carbocycles. The van der Waals surface area contributed by atoms with Crippen LogP contribution in [-0.2, 0) is 0 Å². The standard InChI is InChI=1S/C28H24F2N4O4S/c1-37-19-13-31-12-18(30)22(19)24-21(25(38-33-24)14-2-3-14)16-10-28(11-16)4-6-34(7-5-28)27-32-23-17(29)8-15(26(35)36)9-20(23)39-27/h8-10,12-14H,2-7,11H2,1H3,(H,35,36). The van der Waals surface area contributed by atoms with E-state index in [0.29, 0.717) is 27.2 Å². The van der Waals surface area contributed by atoms with Crippen LogP contribution < -0.4 is 9.64 Å². The average Bonchev–Trinajstić information content (AvgIpc) is 3.51. The Morgan fingerprint density at radius 2 is 1.95 bits per heavy atom. The lowest BCUT2D eigenvalue weighted by atomic mass is 9.63. The molecule has 2 aliphatic carbocycles. The minimum Gasteiger partial charge on any atom is -0.494 e. The highest BCUT2D eigenvalue weighted by Gasteiger charge is 2.44. The maximum Gasteiger partial charge on any atom is 0.335 e. The van der Waals surface area contributed by atoms with Crippen molar-refractivity contribution in [2.45, 2.75) is 38.0 Å². The highest BCUT2D eigenvalue weighted by Crippen LogP contribution is 2.56. The number of halogens is 2. The number of rotatable bonds is 6. The number of nitrogens with zero attached hydrogens (tertiary/aromatic N) is 4. The van der Waals surface area contributed by atoms with Crippen LogP contribution in [0.1, 0.15) is 59.7 Å². The van der Waals surface area contributed by atoms with Gasteiger partial charge in [0.2, 0.25) is 0 Å². The Morgan fingerprint density at radius 1 is 1.18 bits per heavy atom. The quantitative estimate of drug-likeness (QED) is 0.299. The number of aromatic carboxylic acids is 1. The fourth-order valence-corrected chi connectivity index (χ4v) is 6.86. The molecular formula is C28H24F2N4O4S. The molecule has 1 N–H and O–H groups in total. The Balaban J connectivity index is 1.15. The molecule has 2 fully saturated rings. The van der Waals surface area contributed by atoms with Gasteiger partial charge < -0.3 is 19.3 Å². The Kier molecular flexibility index (Phi) is 5.48. The van der Waals surface area contributed by atoms with Gasteiger partial charge in [-0.05, 0) is 55.2 Å². The van der Waals surface area contributed by atoms with E-state index in [9.17, 15) is 18.7 Å². The van der Waals surface area contributed by atoms with Crippen molar-refractivity contribution in [3.8, 4) is 17.0 Å². The molecule has 3 aromatic heterocycles. The predicted molar refractivity (Wildman–Crippen MR) is 141 cm³/mol. The highest BCUT2D eigenvalue weighted by atomic mass is 32.1. The molecule has 0 bridgehead atoms. The lowest BCUT2D eigenvalue weighted by Gasteiger charge is -2.46. The number of ether oxygens (including phenoxy) is 1. The third-order valence-corrected chi connectivity index (χ3v) is 9.11. The molecule has 1 spiro atoms. The summed E-state index contributed by atoms with van der Waals surface area (Å²) in [5.41, 5.74) is 2.86. The number of anilines is 1. The predicted octanol–water partition coefficient (Wildman–Crippen LogP) is 6.28. The number of methoxy groups -OCH3 is 1. The van der Waals surface area contributed by atoms with E-state index in [1.807, 2.05) is 0 Å². The molecule has 0 amide bonds. The van der Waals surface area contributed by atoms with Crippen LogP contribution in [0.2, 0.25) is 0 Å². The smallest absolute Gasteiger partial charge is 0.335 e. The van der Waals surface area contributed by atoms with E-state index in [2.05, 4.69) is 26.1 Å². The third kappa shape index (κ3) is 3.98. The molecule has 8 nitrogen and oxygen atoms in total. The molecule has 1 saturated carbocycles. The number of piperidine rings is 1. The summed E-state index contributed by atoms with van der Waals surface area (Å²) in [6, 6.07) is 2.49. The second kappa shape index (κ2) is 8.84. The van der Waals surface area contributed by atoms with E-state index >= 15 is 0 Å². The fraction of sp³-hybridized carbons (Fsp3) is 0.357. The minimum atomic E-state index is -1.16. The number of carbonyl (C=O) groups is 1. The monoisotopic (exact) mass is 550 g/mol. The van der Waals surface area contributed by atoms with Gasteiger partial charge in [-0.25, -0.2) is 18.6 Å². The fourth-order valence-electron chi connectivity index (χ4n) is 5.79. The van der Waals surface area contributed by atoms with Crippen molar-refractivity contribution in [1.29, 1.82) is 0 Å². The number of benzene rings is 1. The molecule has 1 saturated heterocycles. The van der Waals surface area contributed by atoms with Gasteiger partial charge in [0.05, 0.1) is 35.3 Å². The van der Waals surface area contributed by atoms with Crippen molar-refractivity contribution in [2.24, 2.45) is 5.41 Å². The van der Waals surface area contributed by atoms with Crippen LogP contribution >= 0.6 is 11.3 Å². The van der Waals surface area contributed by atoms with Gasteiger partial charge in [-0.1, -0.05) is 22.6 Å². The molecule has 1 aliphatic heterocycles. The van der Waals surface area contributed by atoms with Crippen LogP contribution in [0.5, 0.6) is 5.75 Å². The van der Waals surface area contributed by atoms with E-state index in [4.69, 9.17) is 9.26 Å². The molecule has 0 radical (unpaired) electrons. The molecule has 0 atom stereocenters. The lowest BCUT2D eigenvalue weighted by molar-refractivity contribution is 0.0696. The van der Waals surface area contributed by atoms with E-state index in [0.717, 1.165) is 74.4 Å². The SMILES string of the molecule is COc1cncc(F)c1-c1noc(C2CC2)c1C1=CC2(CCN(c3nc4c(F)cc(C(=O)O)cc4s3)CC2)C1. The number of aromatic nitrogens is 3. The number of allylic oxidation sites excluding steroid dienone is 2. The Bertz CT molecular complexity index is 1670. The zero-order chi connectivity index (χ0) is 26.9. The van der Waals surface area contributed by atoms with E-state index in [-0.39, 0.29) is 22.1 Å². The number of fused-ring (bicyclic) bond motifs is 1. The van der Waals surface area contributed by atoms with Crippen molar-refractivity contribution in [2.75, 3.05) is 25.1 Å². The number of pyridine rings is 1. The maximum atomic E-state index is 14.9. The number of thiazole rings is 1. The second-order valence-corrected chi connectivity index (χ2v) is 11.6. The van der Waals surface area contributed by atoms with Crippen LogP contribution in [-0.4, -0.2) is 46.4 Å². The van der Waals surface area contributed by atoms with Crippen molar-refractivity contribution in [1.82, 2.24) is 15.1 Å². The first-order valence-electron chi connectivity index (χ1n) is 12.8. The summed E-state index contributed by atoms with van der Waals surface area (Å²) in [6.07, 6.45) is 9.61. The van der Waals surface area contributed by atoms with Crippen molar-refractivity contribution in [3.63, 3.8) is 0 Å². The lowest BCUT2D eigenvalue weighted by Crippen LogP contribution is -2.42. The van der Waals surface area contributed by atoms with Crippen molar-refractivity contribution >= 4 is 38.2 Å². The topological polar surface area (TPSA) is 102 Å². The van der Waals surface area contributed by atoms with Gasteiger partial charge in [0.25, 0.3) is 0 Å². The zero-order valence-electron chi connectivity index (χ0n) is 21.0. The summed E-state index contributed by atoms with van der Waals surface area (Å²) < 4.78 is 41.1. The number of hydrogen-bond acceptors (Lipinski definition) is 8. The average molecular weight is 551 g/mol. The molecule has 11 heteroatoms. The second-order valence-electron chi connectivity index (χ2n) is 10.5. The molecule has 200 valence electrons. The van der Waals surface area contributed by atoms with Crippen LogP contribution in [0.4, 0.5) is 13.9 Å². The molecule has 4 aromatic rings. The van der Waals surface area contributed by atoms with Gasteiger partial charge in [0.15, 0.2) is 16.8 Å². The van der Waals surface area contributed by atoms with Gasteiger partial charge in [0, 0.05) is 24.6 Å². The van der Waals surface area contributed by atoms with Crippen molar-refractivity contribution in [3.05, 3.63) is 59.1 Å². The highest BCUT2D eigenvalue weighted by molar-refractivity contribution is 7.22. The number of carboxylic acid groups (broad SMARTS) is 1. The first-order chi connectivity index (χ1) is 18.9. The van der Waals surface area contributed by atoms with Gasteiger partial charge in [0.1, 0.15) is 22.7 Å². The summed E-state index contributed by atoms with van der Waals surface area (Å²) in [5, 5.41) is 14.2. The van der Waals surface area contributed by atoms with Gasteiger partial charge in [-0.15, -0.1) is 0 Å². The van der Waals surface area contributed by atoms with E-state index in [1.165, 1.54) is 30.7 Å². The molecular weight excluding hydrogens is 526 g/mol. The summed E-state index contributed by atoms with van der Waals surface area (Å²) in [5.74, 6) is -0.846. The number of hydrogen-bond donors (Lipinski definition) is 1. The molecule has 0 unspecified atom stereocenters. The maximum absolute atomic E-state index is 14.9. The van der Waals surface area contributed by atoms with Gasteiger partial charge in [-0.3, -0.25) is 4.98 Å². The van der Waals surface area contributed by atoms with Crippen LogP contribution in [0, 0.1) is 17.0 Å². The summed E-state index contributed by atoms with van der Waals surface area (Å²) in [7, 11) is 1.48. The van der Waals surface area contributed by atoms with Crippen molar-refractivity contribution < 1.29 is 27.9 Å².